The SMILES string of the molecule is CC/C=C\C/C=C\C/C=C\C/C=C\C/C=C\CCCC(=O)NC(COC1OC(CO)C(OC2OC(CO)C(O)C(O)C2O)C(O)C1O)C(O)/C=C/CC/C=C/CC/C=C/CCCCCCCCCCCCCCC. The summed E-state index contributed by atoms with van der Waals surface area (Å²) in [6.07, 6.45) is 44.6. The minimum absolute atomic E-state index is 0.186. The van der Waals surface area contributed by atoms with Crippen molar-refractivity contribution in [1.29, 1.82) is 0 Å². The van der Waals surface area contributed by atoms with Gasteiger partial charge in [0, 0.05) is 6.42 Å². The predicted molar refractivity (Wildman–Crippen MR) is 295 cm³/mol. The molecule has 0 spiro atoms. The highest BCUT2D eigenvalue weighted by Gasteiger charge is 2.51. The van der Waals surface area contributed by atoms with Crippen LogP contribution >= 0.6 is 0 Å². The fraction of sp³-hybridized carbons (Fsp3) is 0.717. The number of amides is 1. The second kappa shape index (κ2) is 45.0. The van der Waals surface area contributed by atoms with Crippen LogP contribution in [0.25, 0.3) is 0 Å². The Hall–Kier alpha value is -3.09. The summed E-state index contributed by atoms with van der Waals surface area (Å²) >= 11 is 0. The molecule has 0 aromatic heterocycles. The van der Waals surface area contributed by atoms with Crippen LogP contribution in [0.1, 0.15) is 181 Å². The third-order valence-corrected chi connectivity index (χ3v) is 13.2. The molecule has 12 atom stereocenters. The van der Waals surface area contributed by atoms with Crippen molar-refractivity contribution in [3.8, 4) is 0 Å². The number of ether oxygens (including phenoxy) is 4. The zero-order chi connectivity index (χ0) is 53.9. The lowest BCUT2D eigenvalue weighted by Crippen LogP contribution is -2.65. The molecular formula is C60H101NO13. The van der Waals surface area contributed by atoms with Crippen molar-refractivity contribution in [3.63, 3.8) is 0 Å². The van der Waals surface area contributed by atoms with Gasteiger partial charge >= 0.3 is 0 Å². The van der Waals surface area contributed by atoms with Crippen molar-refractivity contribution >= 4 is 5.91 Å². The van der Waals surface area contributed by atoms with Crippen molar-refractivity contribution in [1.82, 2.24) is 5.32 Å². The van der Waals surface area contributed by atoms with Gasteiger partial charge in [0.1, 0.15) is 48.8 Å². The molecule has 2 rings (SSSR count). The number of unbranched alkanes of at least 4 members (excludes halogenated alkanes) is 16. The van der Waals surface area contributed by atoms with Gasteiger partial charge < -0.3 is 65.1 Å². The monoisotopic (exact) mass is 1040 g/mol. The van der Waals surface area contributed by atoms with Crippen LogP contribution in [0.5, 0.6) is 0 Å². The minimum Gasteiger partial charge on any atom is -0.394 e. The minimum atomic E-state index is -1.80. The quantitative estimate of drug-likeness (QED) is 0.0205. The topological polar surface area (TPSA) is 228 Å². The van der Waals surface area contributed by atoms with Crippen LogP contribution in [0.3, 0.4) is 0 Å². The highest BCUT2D eigenvalue weighted by Crippen LogP contribution is 2.30. The van der Waals surface area contributed by atoms with Crippen molar-refractivity contribution < 1.29 is 64.6 Å². The molecule has 12 unspecified atom stereocenters. The molecule has 2 aliphatic heterocycles. The van der Waals surface area contributed by atoms with E-state index in [4.69, 9.17) is 18.9 Å². The number of allylic oxidation sites excluding steroid dienone is 15. The predicted octanol–water partition coefficient (Wildman–Crippen LogP) is 9.10. The van der Waals surface area contributed by atoms with Gasteiger partial charge in [0.25, 0.3) is 0 Å². The first-order valence-corrected chi connectivity index (χ1v) is 28.5. The zero-order valence-corrected chi connectivity index (χ0v) is 45.3. The molecule has 1 amide bonds. The Balaban J connectivity index is 1.85. The molecule has 74 heavy (non-hydrogen) atoms. The molecule has 14 heteroatoms. The standard InChI is InChI=1S/C60H101NO13/c1-3-5-7-9-11-13-15-17-19-21-22-23-24-25-26-28-29-31-33-35-37-39-41-43-49(64)48(61-52(65)44-42-40-38-36-34-32-30-27-20-18-16-14-12-10-8-6-4-2)47-71-59-57(70)55(68)58(51(46-63)73-59)74-60-56(69)54(67)53(66)50(45-62)72-60/h6,8,12,14,18,20,26,28,30,32-33,35-36,38,41,43,48-51,53-60,62-64,66-70H,3-5,7,9-11,13,15-17,19,21-25,27,29,31,34,37,39-40,42,44-47H2,1-2H3,(H,61,65)/b8-6-,14-12-,20-18-,28-26+,32-30-,35-33+,38-36-,43-41+. The van der Waals surface area contributed by atoms with Gasteiger partial charge in [-0.15, -0.1) is 0 Å². The summed E-state index contributed by atoms with van der Waals surface area (Å²) in [5.41, 5.74) is 0. The smallest absolute Gasteiger partial charge is 0.220 e. The number of hydrogen-bond donors (Lipinski definition) is 9. The van der Waals surface area contributed by atoms with E-state index >= 15 is 0 Å². The first-order chi connectivity index (χ1) is 36.1. The van der Waals surface area contributed by atoms with E-state index in [1.165, 1.54) is 83.5 Å². The van der Waals surface area contributed by atoms with Crippen molar-refractivity contribution in [2.24, 2.45) is 0 Å². The van der Waals surface area contributed by atoms with Gasteiger partial charge in [-0.25, -0.2) is 0 Å². The molecule has 0 bridgehead atoms. The average Bonchev–Trinajstić information content (AvgIpc) is 3.40. The van der Waals surface area contributed by atoms with E-state index in [2.05, 4.69) is 98.2 Å². The zero-order valence-electron chi connectivity index (χ0n) is 45.3. The summed E-state index contributed by atoms with van der Waals surface area (Å²) < 4.78 is 22.7. The molecule has 14 nitrogen and oxygen atoms in total. The van der Waals surface area contributed by atoms with Crippen LogP contribution in [0, 0.1) is 0 Å². The third kappa shape index (κ3) is 30.6. The molecule has 0 aromatic carbocycles. The van der Waals surface area contributed by atoms with E-state index in [-0.39, 0.29) is 18.9 Å². The Bertz CT molecular complexity index is 1610. The molecular weight excluding hydrogens is 943 g/mol. The van der Waals surface area contributed by atoms with Crippen LogP contribution < -0.4 is 5.32 Å². The van der Waals surface area contributed by atoms with Gasteiger partial charge in [-0.2, -0.15) is 0 Å². The lowest BCUT2D eigenvalue weighted by molar-refractivity contribution is -0.359. The third-order valence-electron chi connectivity index (χ3n) is 13.2. The van der Waals surface area contributed by atoms with Gasteiger partial charge in [0.15, 0.2) is 12.6 Å². The molecule has 2 aliphatic rings. The molecule has 424 valence electrons. The van der Waals surface area contributed by atoms with E-state index in [0.29, 0.717) is 19.3 Å². The van der Waals surface area contributed by atoms with Crippen molar-refractivity contribution in [3.05, 3.63) is 97.2 Å². The first kappa shape index (κ1) is 67.0. The Morgan fingerprint density at radius 3 is 1.49 bits per heavy atom. The Morgan fingerprint density at radius 1 is 0.500 bits per heavy atom. The average molecular weight is 1040 g/mol. The number of aliphatic hydroxyl groups is 8. The van der Waals surface area contributed by atoms with Gasteiger partial charge in [0.05, 0.1) is 32.0 Å². The fourth-order valence-corrected chi connectivity index (χ4v) is 8.65. The lowest BCUT2D eigenvalue weighted by Gasteiger charge is -2.46. The second-order valence-electron chi connectivity index (χ2n) is 19.7. The molecule has 0 saturated carbocycles. The Morgan fingerprint density at radius 2 is 0.946 bits per heavy atom. The van der Waals surface area contributed by atoms with Gasteiger partial charge in [-0.1, -0.05) is 188 Å². The van der Waals surface area contributed by atoms with Crippen LogP contribution in [-0.4, -0.2) is 140 Å². The molecule has 0 aromatic rings. The van der Waals surface area contributed by atoms with Gasteiger partial charge in [-0.3, -0.25) is 4.79 Å². The summed E-state index contributed by atoms with van der Waals surface area (Å²) in [5.74, 6) is -0.314. The maximum absolute atomic E-state index is 13.2. The Kier molecular flexibility index (Phi) is 40.7. The number of carbonyl (C=O) groups is 1. The van der Waals surface area contributed by atoms with Gasteiger partial charge in [-0.05, 0) is 83.5 Å². The Labute approximate surface area is 445 Å². The molecule has 0 radical (unpaired) electrons. The summed E-state index contributed by atoms with van der Waals surface area (Å²) in [4.78, 5) is 13.2. The summed E-state index contributed by atoms with van der Waals surface area (Å²) in [7, 11) is 0. The van der Waals surface area contributed by atoms with E-state index in [9.17, 15) is 45.6 Å². The first-order valence-electron chi connectivity index (χ1n) is 28.5. The number of carbonyl (C=O) groups excluding carboxylic acids is 1. The van der Waals surface area contributed by atoms with E-state index in [0.717, 1.165) is 57.8 Å². The summed E-state index contributed by atoms with van der Waals surface area (Å²) in [6.45, 7) is 2.60. The number of hydrogen-bond acceptors (Lipinski definition) is 13. The number of nitrogens with one attached hydrogen (secondary N) is 1. The molecule has 2 fully saturated rings. The van der Waals surface area contributed by atoms with Crippen molar-refractivity contribution in [2.75, 3.05) is 19.8 Å². The van der Waals surface area contributed by atoms with Crippen LogP contribution in [0.2, 0.25) is 0 Å². The largest absolute Gasteiger partial charge is 0.394 e. The van der Waals surface area contributed by atoms with Gasteiger partial charge in [0.2, 0.25) is 5.91 Å². The van der Waals surface area contributed by atoms with Crippen LogP contribution in [0.15, 0.2) is 97.2 Å². The van der Waals surface area contributed by atoms with Crippen molar-refractivity contribution in [2.45, 2.75) is 254 Å². The highest BCUT2D eigenvalue weighted by molar-refractivity contribution is 5.76. The van der Waals surface area contributed by atoms with E-state index < -0.39 is 86.8 Å². The lowest BCUT2D eigenvalue weighted by atomic mass is 9.97. The van der Waals surface area contributed by atoms with Crippen LogP contribution in [-0.2, 0) is 23.7 Å². The maximum atomic E-state index is 13.2. The number of aliphatic hydroxyl groups excluding tert-OH is 8. The molecule has 0 aliphatic carbocycles. The summed E-state index contributed by atoms with van der Waals surface area (Å²) in [6, 6.07) is -0.974. The van der Waals surface area contributed by atoms with E-state index in [1.54, 1.807) is 6.08 Å². The highest BCUT2D eigenvalue weighted by atomic mass is 16.7. The molecule has 9 N–H and O–H groups in total. The normalized spacial score (nSPS) is 26.0. The second-order valence-corrected chi connectivity index (χ2v) is 19.7. The van der Waals surface area contributed by atoms with Crippen LogP contribution in [0.4, 0.5) is 0 Å². The maximum Gasteiger partial charge on any atom is 0.220 e. The van der Waals surface area contributed by atoms with E-state index in [1.807, 2.05) is 12.2 Å². The number of rotatable bonds is 43. The molecule has 2 heterocycles. The summed E-state index contributed by atoms with van der Waals surface area (Å²) in [5, 5.41) is 86.9. The fourth-order valence-electron chi connectivity index (χ4n) is 8.65. The molecule has 2 saturated heterocycles.